The molecule has 1 unspecified atom stereocenters. The zero-order valence-corrected chi connectivity index (χ0v) is 22.9. The summed E-state index contributed by atoms with van der Waals surface area (Å²) in [7, 11) is 2.27. The number of nitrogens with zero attached hydrogens (tertiary/aromatic N) is 1. The van der Waals surface area contributed by atoms with E-state index in [1.54, 1.807) is 0 Å². The number of halogens is 1. The van der Waals surface area contributed by atoms with Crippen molar-refractivity contribution in [3.63, 3.8) is 0 Å². The first-order valence-electron chi connectivity index (χ1n) is 11.8. The van der Waals surface area contributed by atoms with Gasteiger partial charge in [-0.1, -0.05) is 46.8 Å². The van der Waals surface area contributed by atoms with E-state index in [-0.39, 0.29) is 29.4 Å². The number of hydrogen-bond acceptors (Lipinski definition) is 3. The highest BCUT2D eigenvalue weighted by Crippen LogP contribution is 2.36. The smallest absolute Gasteiger partial charge is 0.126 e. The molecule has 4 nitrogen and oxygen atoms in total. The zero-order valence-electron chi connectivity index (χ0n) is 20.8. The van der Waals surface area contributed by atoms with Gasteiger partial charge in [-0.25, -0.2) is 0 Å². The van der Waals surface area contributed by atoms with E-state index in [1.807, 2.05) is 0 Å². The number of aliphatic hydroxyl groups is 1. The maximum Gasteiger partial charge on any atom is 0.126 e. The van der Waals surface area contributed by atoms with Gasteiger partial charge in [-0.2, -0.15) is 0 Å². The summed E-state index contributed by atoms with van der Waals surface area (Å²) in [5.41, 5.74) is 1.78. The maximum absolute atomic E-state index is 10.4. The summed E-state index contributed by atoms with van der Waals surface area (Å²) in [6, 6.07) is 8.46. The van der Waals surface area contributed by atoms with Crippen molar-refractivity contribution in [3.8, 4) is 5.75 Å². The Morgan fingerprint density at radius 2 is 1.52 bits per heavy atom. The van der Waals surface area contributed by atoms with Crippen LogP contribution in [-0.4, -0.2) is 62.2 Å². The van der Waals surface area contributed by atoms with Crippen molar-refractivity contribution in [2.45, 2.75) is 78.2 Å². The van der Waals surface area contributed by atoms with Crippen molar-refractivity contribution < 1.29 is 43.0 Å². The van der Waals surface area contributed by atoms with E-state index in [1.165, 1.54) is 44.3 Å². The zero-order chi connectivity index (χ0) is 22.3. The fourth-order valence-corrected chi connectivity index (χ4v) is 5.06. The Morgan fingerprint density at radius 3 is 2.06 bits per heavy atom. The lowest BCUT2D eigenvalue weighted by molar-refractivity contribution is -0.911. The van der Waals surface area contributed by atoms with Crippen molar-refractivity contribution in [1.29, 1.82) is 0 Å². The first-order valence-corrected chi connectivity index (χ1v) is 11.8. The minimum Gasteiger partial charge on any atom is -1.00 e. The van der Waals surface area contributed by atoms with Gasteiger partial charge >= 0.3 is 0 Å². The first-order chi connectivity index (χ1) is 14.0. The first kappa shape index (κ1) is 28.7. The van der Waals surface area contributed by atoms with Crippen molar-refractivity contribution in [3.05, 3.63) is 29.8 Å². The van der Waals surface area contributed by atoms with Gasteiger partial charge in [0.25, 0.3) is 0 Å². The van der Waals surface area contributed by atoms with Gasteiger partial charge in [0.2, 0.25) is 0 Å². The standard InChI is InChI=1S/C26H46NO3.HI/c1-25(2,3)21-26(4,5)22-11-13-24(14-12-22)30-18-17-29-20-23(28)19-27(6)15-9-7-8-10-16-27;/h11-14,23,28H,7-10,15-21H2,1-6H3;1H/q+1;/p-1. The van der Waals surface area contributed by atoms with E-state index in [0.29, 0.717) is 25.2 Å². The van der Waals surface area contributed by atoms with Gasteiger partial charge in [-0.05, 0) is 60.6 Å². The number of likely N-dealkylation sites (N-methyl/N-ethyl adjacent to an activating group) is 1. The highest BCUT2D eigenvalue weighted by Gasteiger charge is 2.28. The van der Waals surface area contributed by atoms with Crippen molar-refractivity contribution in [2.24, 2.45) is 5.41 Å². The Bertz CT molecular complexity index is 617. The summed E-state index contributed by atoms with van der Waals surface area (Å²) in [6.45, 7) is 16.0. The number of aliphatic hydroxyl groups excluding tert-OH is 1. The lowest BCUT2D eigenvalue weighted by atomic mass is 9.72. The van der Waals surface area contributed by atoms with Gasteiger partial charge in [0.05, 0.1) is 33.4 Å². The molecule has 0 amide bonds. The van der Waals surface area contributed by atoms with Crippen LogP contribution in [-0.2, 0) is 10.2 Å². The lowest BCUT2D eigenvalue weighted by Gasteiger charge is -2.35. The second-order valence-electron chi connectivity index (χ2n) is 11.4. The molecule has 1 aliphatic heterocycles. The van der Waals surface area contributed by atoms with Gasteiger partial charge < -0.3 is 43.0 Å². The van der Waals surface area contributed by atoms with Crippen LogP contribution in [0.2, 0.25) is 0 Å². The van der Waals surface area contributed by atoms with Gasteiger partial charge in [-0.3, -0.25) is 0 Å². The summed E-state index contributed by atoms with van der Waals surface area (Å²) in [6.07, 6.45) is 5.92. The minimum absolute atomic E-state index is 0. The van der Waals surface area contributed by atoms with Crippen LogP contribution in [0, 0.1) is 5.41 Å². The van der Waals surface area contributed by atoms with Crippen molar-refractivity contribution >= 4 is 0 Å². The normalized spacial score (nSPS) is 18.0. The van der Waals surface area contributed by atoms with Gasteiger partial charge in [0.15, 0.2) is 0 Å². The van der Waals surface area contributed by atoms with Gasteiger partial charge in [-0.15, -0.1) is 0 Å². The van der Waals surface area contributed by atoms with Gasteiger partial charge in [0, 0.05) is 0 Å². The molecule has 1 atom stereocenters. The number of ether oxygens (including phenoxy) is 2. The maximum atomic E-state index is 10.4. The molecule has 31 heavy (non-hydrogen) atoms. The molecule has 1 aromatic carbocycles. The number of quaternary nitrogens is 1. The van der Waals surface area contributed by atoms with Crippen LogP contribution in [0.3, 0.4) is 0 Å². The molecule has 0 radical (unpaired) electrons. The van der Waals surface area contributed by atoms with E-state index in [0.717, 1.165) is 23.2 Å². The van der Waals surface area contributed by atoms with Crippen LogP contribution >= 0.6 is 0 Å². The molecule has 0 aliphatic carbocycles. The van der Waals surface area contributed by atoms with E-state index in [4.69, 9.17) is 9.47 Å². The van der Waals surface area contributed by atoms with Crippen LogP contribution in [0.5, 0.6) is 5.75 Å². The molecule has 0 spiro atoms. The van der Waals surface area contributed by atoms with E-state index < -0.39 is 6.10 Å². The Labute approximate surface area is 208 Å². The molecule has 0 bridgehead atoms. The number of rotatable bonds is 10. The molecule has 180 valence electrons. The predicted molar refractivity (Wildman–Crippen MR) is 125 cm³/mol. The Hall–Kier alpha value is -0.370. The summed E-state index contributed by atoms with van der Waals surface area (Å²) in [5, 5.41) is 10.4. The van der Waals surface area contributed by atoms with Crippen molar-refractivity contribution in [1.82, 2.24) is 0 Å². The number of benzene rings is 1. The average Bonchev–Trinajstić information content (AvgIpc) is 2.84. The third-order valence-corrected chi connectivity index (χ3v) is 6.21. The minimum atomic E-state index is -0.405. The number of hydrogen-bond donors (Lipinski definition) is 1. The molecule has 1 N–H and O–H groups in total. The Kier molecular flexibility index (Phi) is 11.8. The Morgan fingerprint density at radius 1 is 0.935 bits per heavy atom. The van der Waals surface area contributed by atoms with Crippen LogP contribution in [0.15, 0.2) is 24.3 Å². The second kappa shape index (κ2) is 12.8. The molecule has 2 rings (SSSR count). The molecule has 1 aromatic rings. The fraction of sp³-hybridized carbons (Fsp3) is 0.769. The van der Waals surface area contributed by atoms with E-state index in [9.17, 15) is 5.11 Å². The van der Waals surface area contributed by atoms with Crippen LogP contribution in [0.25, 0.3) is 0 Å². The van der Waals surface area contributed by atoms with E-state index in [2.05, 4.69) is 65.9 Å². The van der Waals surface area contributed by atoms with Crippen LogP contribution < -0.4 is 28.7 Å². The third kappa shape index (κ3) is 10.9. The second-order valence-corrected chi connectivity index (χ2v) is 11.4. The SMILES string of the molecule is CC(C)(C)CC(C)(C)c1ccc(OCCOCC(O)C[N+]2(C)CCCCCC2)cc1.[I-]. The molecular weight excluding hydrogens is 501 g/mol. The quantitative estimate of drug-likeness (QED) is 0.278. The highest BCUT2D eigenvalue weighted by molar-refractivity contribution is 5.31. The predicted octanol–water partition coefficient (Wildman–Crippen LogP) is 2.18. The monoisotopic (exact) mass is 547 g/mol. The summed E-state index contributed by atoms with van der Waals surface area (Å²) >= 11 is 0. The number of likely N-dealkylation sites (tertiary alicyclic amines) is 1. The molecule has 1 saturated heterocycles. The molecule has 0 aromatic heterocycles. The third-order valence-electron chi connectivity index (χ3n) is 6.21. The molecule has 1 aliphatic rings. The average molecular weight is 548 g/mol. The van der Waals surface area contributed by atoms with Crippen molar-refractivity contribution in [2.75, 3.05) is 46.5 Å². The summed E-state index contributed by atoms with van der Waals surface area (Å²) in [4.78, 5) is 0. The fourth-order valence-electron chi connectivity index (χ4n) is 5.06. The van der Waals surface area contributed by atoms with Gasteiger partial charge in [0.1, 0.15) is 25.0 Å². The molecule has 5 heteroatoms. The van der Waals surface area contributed by atoms with E-state index >= 15 is 0 Å². The topological polar surface area (TPSA) is 38.7 Å². The van der Waals surface area contributed by atoms with Crippen LogP contribution in [0.1, 0.15) is 72.3 Å². The molecule has 1 heterocycles. The largest absolute Gasteiger partial charge is 1.00 e. The molecular formula is C26H46INO3. The molecule has 0 saturated carbocycles. The van der Waals surface area contributed by atoms with Crippen LogP contribution in [0.4, 0.5) is 0 Å². The molecule has 1 fully saturated rings. The Balaban J connectivity index is 0.00000480. The summed E-state index contributed by atoms with van der Waals surface area (Å²) in [5.74, 6) is 0.872. The summed E-state index contributed by atoms with van der Waals surface area (Å²) < 4.78 is 12.5. The highest BCUT2D eigenvalue weighted by atomic mass is 127. The lowest BCUT2D eigenvalue weighted by Crippen LogP contribution is -3.00.